The predicted molar refractivity (Wildman–Crippen MR) is 120 cm³/mol. The smallest absolute Gasteiger partial charge is 0.256 e. The molecule has 2 aliphatic carbocycles. The molecule has 2 heterocycles. The number of fused-ring (bicyclic) bond motifs is 3. The fraction of sp³-hybridized carbons (Fsp3) is 0.292. The maximum Gasteiger partial charge on any atom is 0.256 e. The third-order valence-corrected chi connectivity index (χ3v) is 7.23. The molecule has 1 N–H and O–H groups in total. The van der Waals surface area contributed by atoms with Crippen LogP contribution in [0.3, 0.4) is 0 Å². The molecule has 6 rings (SSSR count). The van der Waals surface area contributed by atoms with Gasteiger partial charge in [-0.15, -0.1) is 0 Å². The minimum atomic E-state index is -0.0691. The van der Waals surface area contributed by atoms with E-state index >= 15 is 0 Å². The highest BCUT2D eigenvalue weighted by Crippen LogP contribution is 2.34. The van der Waals surface area contributed by atoms with E-state index in [1.54, 1.807) is 11.3 Å². The third kappa shape index (κ3) is 2.94. The number of amides is 1. The van der Waals surface area contributed by atoms with Crippen LogP contribution in [0, 0.1) is 0 Å². The second-order valence-corrected chi connectivity index (χ2v) is 9.16. The summed E-state index contributed by atoms with van der Waals surface area (Å²) < 4.78 is 2.96. The van der Waals surface area contributed by atoms with Gasteiger partial charge in [0.15, 0.2) is 0 Å². The van der Waals surface area contributed by atoms with Gasteiger partial charge in [-0.1, -0.05) is 29.5 Å². The van der Waals surface area contributed by atoms with Crippen molar-refractivity contribution in [3.05, 3.63) is 70.4 Å². The molecule has 2 aromatic heterocycles. The van der Waals surface area contributed by atoms with Gasteiger partial charge in [0.1, 0.15) is 5.82 Å². The van der Waals surface area contributed by atoms with E-state index in [2.05, 4.69) is 23.5 Å². The summed E-state index contributed by atoms with van der Waals surface area (Å²) in [4.78, 5) is 17.9. The van der Waals surface area contributed by atoms with E-state index in [0.717, 1.165) is 70.1 Å². The van der Waals surface area contributed by atoms with Crippen LogP contribution < -0.4 is 5.32 Å². The number of hydrogen-bond donors (Lipinski definition) is 1. The second kappa shape index (κ2) is 7.06. The van der Waals surface area contributed by atoms with Crippen LogP contribution >= 0.6 is 11.3 Å². The molecule has 0 fully saturated rings. The first-order valence-electron chi connectivity index (χ1n) is 10.7. The van der Waals surface area contributed by atoms with Crippen molar-refractivity contribution in [1.29, 1.82) is 0 Å². The molecule has 0 saturated carbocycles. The lowest BCUT2D eigenvalue weighted by Gasteiger charge is -2.16. The van der Waals surface area contributed by atoms with Gasteiger partial charge in [-0.3, -0.25) is 4.79 Å². The molecule has 0 unspecified atom stereocenters. The van der Waals surface area contributed by atoms with Gasteiger partial charge in [0, 0.05) is 11.1 Å². The zero-order chi connectivity index (χ0) is 20.1. The molecule has 5 nitrogen and oxygen atoms in total. The highest BCUT2D eigenvalue weighted by atomic mass is 32.1. The summed E-state index contributed by atoms with van der Waals surface area (Å²) in [6, 6.07) is 14.2. The summed E-state index contributed by atoms with van der Waals surface area (Å²) in [5.74, 6) is 0.713. The monoisotopic (exact) mass is 414 g/mol. The Morgan fingerprint density at radius 3 is 2.73 bits per heavy atom. The number of nitrogens with zero attached hydrogens (tertiary/aromatic N) is 3. The topological polar surface area (TPSA) is 59.8 Å². The Labute approximate surface area is 178 Å². The lowest BCUT2D eigenvalue weighted by atomic mass is 9.90. The Morgan fingerprint density at radius 1 is 0.967 bits per heavy atom. The molecule has 0 atom stereocenters. The maximum absolute atomic E-state index is 13.2. The summed E-state index contributed by atoms with van der Waals surface area (Å²) in [7, 11) is 0. The van der Waals surface area contributed by atoms with Crippen LogP contribution in [0.25, 0.3) is 15.3 Å². The van der Waals surface area contributed by atoms with Crippen molar-refractivity contribution in [3.63, 3.8) is 0 Å². The van der Waals surface area contributed by atoms with Crippen molar-refractivity contribution in [1.82, 2.24) is 14.8 Å². The van der Waals surface area contributed by atoms with Crippen molar-refractivity contribution in [2.24, 2.45) is 0 Å². The van der Waals surface area contributed by atoms with E-state index in [0.29, 0.717) is 0 Å². The van der Waals surface area contributed by atoms with Crippen LogP contribution in [-0.4, -0.2) is 20.7 Å². The number of aromatic nitrogens is 3. The van der Waals surface area contributed by atoms with Gasteiger partial charge in [0.2, 0.25) is 5.13 Å². The molecule has 0 aliphatic heterocycles. The number of rotatable bonds is 3. The first-order chi connectivity index (χ1) is 14.8. The first kappa shape index (κ1) is 17.8. The number of hydrogen-bond acceptors (Lipinski definition) is 4. The normalized spacial score (nSPS) is 15.2. The van der Waals surface area contributed by atoms with Gasteiger partial charge < -0.3 is 5.32 Å². The van der Waals surface area contributed by atoms with Gasteiger partial charge >= 0.3 is 0 Å². The predicted octanol–water partition coefficient (Wildman–Crippen LogP) is 5.10. The number of aryl methyl sites for hydroxylation is 3. The number of anilines is 1. The van der Waals surface area contributed by atoms with E-state index < -0.39 is 0 Å². The Bertz CT molecular complexity index is 1250. The molecular weight excluding hydrogens is 392 g/mol. The summed E-state index contributed by atoms with van der Waals surface area (Å²) in [6.07, 6.45) is 7.61. The zero-order valence-electron chi connectivity index (χ0n) is 16.6. The Balaban J connectivity index is 1.38. The van der Waals surface area contributed by atoms with Crippen molar-refractivity contribution < 1.29 is 4.79 Å². The minimum absolute atomic E-state index is 0.0691. The van der Waals surface area contributed by atoms with Crippen molar-refractivity contribution in [3.8, 4) is 5.13 Å². The van der Waals surface area contributed by atoms with Crippen LogP contribution in [0.15, 0.2) is 42.5 Å². The fourth-order valence-electron chi connectivity index (χ4n) is 4.66. The standard InChI is InChI=1S/C24H22N4OS/c29-23(17-13-12-15-6-1-2-7-16(15)14-17)26-22-18-8-5-10-19(18)27-28(22)24-25-20-9-3-4-11-21(20)30-24/h3-4,9,11-14H,1-2,5-8,10H2,(H,26,29). The van der Waals surface area contributed by atoms with E-state index in [-0.39, 0.29) is 5.91 Å². The van der Waals surface area contributed by atoms with Crippen LogP contribution in [0.4, 0.5) is 5.82 Å². The largest absolute Gasteiger partial charge is 0.306 e. The molecule has 0 bridgehead atoms. The van der Waals surface area contributed by atoms with Gasteiger partial charge in [-0.25, -0.2) is 4.98 Å². The average molecular weight is 415 g/mol. The quantitative estimate of drug-likeness (QED) is 0.507. The van der Waals surface area contributed by atoms with Crippen LogP contribution in [0.2, 0.25) is 0 Å². The average Bonchev–Trinajstić information content (AvgIpc) is 3.48. The molecule has 0 spiro atoms. The number of carbonyl (C=O) groups is 1. The zero-order valence-corrected chi connectivity index (χ0v) is 17.5. The highest BCUT2D eigenvalue weighted by Gasteiger charge is 2.26. The number of carbonyl (C=O) groups excluding carboxylic acids is 1. The molecule has 2 aliphatic rings. The number of para-hydroxylation sites is 1. The van der Waals surface area contributed by atoms with Gasteiger partial charge in [-0.2, -0.15) is 9.78 Å². The minimum Gasteiger partial charge on any atom is -0.306 e. The summed E-state index contributed by atoms with van der Waals surface area (Å²) in [6.45, 7) is 0. The van der Waals surface area contributed by atoms with Gasteiger partial charge in [0.05, 0.1) is 15.9 Å². The molecule has 2 aromatic carbocycles. The van der Waals surface area contributed by atoms with Crippen molar-refractivity contribution in [2.75, 3.05) is 5.32 Å². The van der Waals surface area contributed by atoms with Crippen molar-refractivity contribution >= 4 is 33.3 Å². The molecule has 0 saturated heterocycles. The number of thiazole rings is 1. The van der Waals surface area contributed by atoms with Crippen LogP contribution in [-0.2, 0) is 25.7 Å². The molecule has 0 radical (unpaired) electrons. The van der Waals surface area contributed by atoms with E-state index in [4.69, 9.17) is 10.1 Å². The van der Waals surface area contributed by atoms with Gasteiger partial charge in [0.25, 0.3) is 5.91 Å². The number of nitrogens with one attached hydrogen (secondary N) is 1. The van der Waals surface area contributed by atoms with E-state index in [1.807, 2.05) is 28.9 Å². The SMILES string of the molecule is O=C(Nc1c2c(nn1-c1nc3ccccc3s1)CCC2)c1ccc2c(c1)CCCC2. The second-order valence-electron chi connectivity index (χ2n) is 8.15. The van der Waals surface area contributed by atoms with Crippen LogP contribution in [0.5, 0.6) is 0 Å². The molecule has 30 heavy (non-hydrogen) atoms. The summed E-state index contributed by atoms with van der Waals surface area (Å²) in [5.41, 5.74) is 6.62. The maximum atomic E-state index is 13.2. The van der Waals surface area contributed by atoms with Crippen molar-refractivity contribution in [2.45, 2.75) is 44.9 Å². The lowest BCUT2D eigenvalue weighted by molar-refractivity contribution is 0.102. The Morgan fingerprint density at radius 2 is 1.83 bits per heavy atom. The molecular formula is C24H22N4OS. The molecule has 150 valence electrons. The summed E-state index contributed by atoms with van der Waals surface area (Å²) >= 11 is 1.60. The lowest BCUT2D eigenvalue weighted by Crippen LogP contribution is -2.17. The first-order valence-corrected chi connectivity index (χ1v) is 11.5. The Hall–Kier alpha value is -2.99. The molecule has 1 amide bonds. The fourth-order valence-corrected chi connectivity index (χ4v) is 5.59. The highest BCUT2D eigenvalue weighted by molar-refractivity contribution is 7.20. The number of benzene rings is 2. The van der Waals surface area contributed by atoms with Crippen LogP contribution in [0.1, 0.15) is 52.0 Å². The Kier molecular flexibility index (Phi) is 4.20. The molecule has 4 aromatic rings. The van der Waals surface area contributed by atoms with E-state index in [1.165, 1.54) is 24.0 Å². The molecule has 6 heteroatoms. The summed E-state index contributed by atoms with van der Waals surface area (Å²) in [5, 5.41) is 8.81. The third-order valence-electron chi connectivity index (χ3n) is 6.21. The van der Waals surface area contributed by atoms with E-state index in [9.17, 15) is 4.79 Å². The van der Waals surface area contributed by atoms with Gasteiger partial charge in [-0.05, 0) is 80.3 Å².